The van der Waals surface area contributed by atoms with E-state index in [1.165, 1.54) is 130 Å². The molecule has 0 fully saturated rings. The number of fused-ring (bicyclic) bond motifs is 13. The highest BCUT2D eigenvalue weighted by Crippen LogP contribution is 2.54. The van der Waals surface area contributed by atoms with E-state index in [1.807, 2.05) is 11.3 Å². The zero-order chi connectivity index (χ0) is 39.7. The van der Waals surface area contributed by atoms with Gasteiger partial charge in [-0.25, -0.2) is 0 Å². The van der Waals surface area contributed by atoms with E-state index in [-0.39, 0.29) is 5.41 Å². The van der Waals surface area contributed by atoms with E-state index in [9.17, 15) is 0 Å². The summed E-state index contributed by atoms with van der Waals surface area (Å²) < 4.78 is 2.73. The molecule has 0 saturated carbocycles. The Labute approximate surface area is 352 Å². The van der Waals surface area contributed by atoms with Crippen molar-refractivity contribution in [3.8, 4) is 44.5 Å². The molecule has 12 aromatic rings. The van der Waals surface area contributed by atoms with E-state index in [1.54, 1.807) is 0 Å². The van der Waals surface area contributed by atoms with Gasteiger partial charge in [0.15, 0.2) is 0 Å². The number of hydrogen-bond acceptors (Lipinski definition) is 1. The minimum atomic E-state index is -0.136. The Balaban J connectivity index is 1.01. The van der Waals surface area contributed by atoms with Gasteiger partial charge in [-0.3, -0.25) is 0 Å². The van der Waals surface area contributed by atoms with Crippen molar-refractivity contribution in [1.29, 1.82) is 0 Å². The normalized spacial score (nSPS) is 13.3. The van der Waals surface area contributed by atoms with Crippen LogP contribution in [0, 0.1) is 0 Å². The summed E-state index contributed by atoms with van der Waals surface area (Å²) in [6.07, 6.45) is 0. The maximum atomic E-state index is 2.49. The molecule has 0 unspecified atom stereocenters. The molecule has 0 spiro atoms. The van der Waals surface area contributed by atoms with Crippen molar-refractivity contribution < 1.29 is 0 Å². The first kappa shape index (κ1) is 33.9. The fraction of sp³-hybridized carbons (Fsp3) is 0.0508. The molecule has 1 heteroatoms. The zero-order valence-corrected chi connectivity index (χ0v) is 34.2. The highest BCUT2D eigenvalue weighted by molar-refractivity contribution is 7.26. The molecule has 1 aromatic heterocycles. The number of rotatable bonds is 3. The standard InChI is InChI=1S/C59H38S/c1-59(2)52-33-32-50-48(30-31-49-41-19-11-12-25-54(41)60-58(49)50)57(52)51-27-26-36(34-53(51)59)38-28-29-47(40-18-6-5-17-39(38)40)56-45-22-9-7-20-43(45)55(44-21-8-10-23-46(44)56)42-24-13-15-35-14-3-4-16-37(35)42/h3-34H,1-2H3. The Morgan fingerprint density at radius 1 is 0.317 bits per heavy atom. The van der Waals surface area contributed by atoms with Crippen LogP contribution in [0.2, 0.25) is 0 Å². The molecule has 60 heavy (non-hydrogen) atoms. The summed E-state index contributed by atoms with van der Waals surface area (Å²) in [7, 11) is 0. The largest absolute Gasteiger partial charge is 0.135 e. The highest BCUT2D eigenvalue weighted by atomic mass is 32.1. The lowest BCUT2D eigenvalue weighted by Crippen LogP contribution is -2.15. The molecule has 1 aliphatic rings. The van der Waals surface area contributed by atoms with Crippen LogP contribution in [-0.2, 0) is 5.41 Å². The molecule has 0 N–H and O–H groups in total. The predicted octanol–water partition coefficient (Wildman–Crippen LogP) is 17.1. The van der Waals surface area contributed by atoms with Gasteiger partial charge in [0.1, 0.15) is 0 Å². The quantitative estimate of drug-likeness (QED) is 0.157. The average molecular weight is 779 g/mol. The minimum absolute atomic E-state index is 0.136. The Morgan fingerprint density at radius 2 is 0.800 bits per heavy atom. The first-order valence-corrected chi connectivity index (χ1v) is 21.8. The molecule has 0 bridgehead atoms. The minimum Gasteiger partial charge on any atom is -0.135 e. The maximum absolute atomic E-state index is 2.49. The SMILES string of the molecule is CC1(C)c2cc(-c3ccc(-c4c5ccccc5c(-c5cccc6ccccc56)c5ccccc45)c4ccccc34)ccc2-c2c1ccc1c2ccc2c3ccccc3sc12. The Hall–Kier alpha value is -7.06. The molecule has 0 aliphatic heterocycles. The van der Waals surface area contributed by atoms with Gasteiger partial charge >= 0.3 is 0 Å². The van der Waals surface area contributed by atoms with Crippen molar-refractivity contribution >= 4 is 85.4 Å². The molecule has 0 saturated heterocycles. The zero-order valence-electron chi connectivity index (χ0n) is 33.4. The van der Waals surface area contributed by atoms with Gasteiger partial charge in [0.2, 0.25) is 0 Å². The molecular weight excluding hydrogens is 741 g/mol. The summed E-state index contributed by atoms with van der Waals surface area (Å²) in [6.45, 7) is 4.81. The number of hydrogen-bond donors (Lipinski definition) is 0. The van der Waals surface area contributed by atoms with E-state index < -0.39 is 0 Å². The van der Waals surface area contributed by atoms with Gasteiger partial charge in [-0.05, 0) is 116 Å². The van der Waals surface area contributed by atoms with Crippen molar-refractivity contribution in [2.24, 2.45) is 0 Å². The van der Waals surface area contributed by atoms with Crippen molar-refractivity contribution in [3.05, 3.63) is 205 Å². The third-order valence-electron chi connectivity index (χ3n) is 13.7. The summed E-state index contributed by atoms with van der Waals surface area (Å²) in [6, 6.07) is 73.0. The first-order valence-electron chi connectivity index (χ1n) is 21.0. The molecule has 0 amide bonds. The van der Waals surface area contributed by atoms with Crippen LogP contribution in [0.25, 0.3) is 119 Å². The fourth-order valence-electron chi connectivity index (χ4n) is 10.9. The van der Waals surface area contributed by atoms with Gasteiger partial charge in [-0.1, -0.05) is 196 Å². The van der Waals surface area contributed by atoms with Gasteiger partial charge in [0, 0.05) is 31.0 Å². The molecule has 0 atom stereocenters. The summed E-state index contributed by atoms with van der Waals surface area (Å²) in [5, 5.41) is 15.6. The van der Waals surface area contributed by atoms with Crippen LogP contribution in [0.5, 0.6) is 0 Å². The van der Waals surface area contributed by atoms with Gasteiger partial charge in [-0.15, -0.1) is 11.3 Å². The van der Waals surface area contributed by atoms with Gasteiger partial charge in [-0.2, -0.15) is 0 Å². The molecule has 1 aliphatic carbocycles. The van der Waals surface area contributed by atoms with Crippen LogP contribution >= 0.6 is 11.3 Å². The predicted molar refractivity (Wildman–Crippen MR) is 261 cm³/mol. The number of benzene rings is 11. The van der Waals surface area contributed by atoms with Gasteiger partial charge in [0.25, 0.3) is 0 Å². The maximum Gasteiger partial charge on any atom is 0.0434 e. The topological polar surface area (TPSA) is 0 Å². The highest BCUT2D eigenvalue weighted by Gasteiger charge is 2.37. The average Bonchev–Trinajstić information content (AvgIpc) is 3.79. The first-order chi connectivity index (χ1) is 29.5. The molecule has 0 radical (unpaired) electrons. The molecule has 0 nitrogen and oxygen atoms in total. The van der Waals surface area contributed by atoms with E-state index in [2.05, 4.69) is 208 Å². The Morgan fingerprint density at radius 3 is 1.52 bits per heavy atom. The molecule has 280 valence electrons. The third kappa shape index (κ3) is 4.61. The van der Waals surface area contributed by atoms with E-state index in [0.717, 1.165) is 0 Å². The lowest BCUT2D eigenvalue weighted by Gasteiger charge is -2.23. The molecule has 1 heterocycles. The molecule has 11 aromatic carbocycles. The fourth-order valence-corrected chi connectivity index (χ4v) is 12.1. The smallest absolute Gasteiger partial charge is 0.0434 e. The van der Waals surface area contributed by atoms with Crippen LogP contribution in [0.4, 0.5) is 0 Å². The van der Waals surface area contributed by atoms with Gasteiger partial charge in [0.05, 0.1) is 0 Å². The van der Waals surface area contributed by atoms with Gasteiger partial charge < -0.3 is 0 Å². The molecule has 13 rings (SSSR count). The second kappa shape index (κ2) is 12.5. The lowest BCUT2D eigenvalue weighted by atomic mass is 9.80. The Kier molecular flexibility index (Phi) is 7.04. The van der Waals surface area contributed by atoms with E-state index in [0.29, 0.717) is 0 Å². The lowest BCUT2D eigenvalue weighted by molar-refractivity contribution is 0.661. The molecular formula is C59H38S. The van der Waals surface area contributed by atoms with E-state index >= 15 is 0 Å². The number of thiophene rings is 1. The van der Waals surface area contributed by atoms with E-state index in [4.69, 9.17) is 0 Å². The Bertz CT molecular complexity index is 3740. The van der Waals surface area contributed by atoms with Crippen LogP contribution in [0.1, 0.15) is 25.0 Å². The van der Waals surface area contributed by atoms with Crippen LogP contribution in [0.15, 0.2) is 194 Å². The van der Waals surface area contributed by atoms with Crippen LogP contribution in [0.3, 0.4) is 0 Å². The summed E-state index contributed by atoms with van der Waals surface area (Å²) in [4.78, 5) is 0. The van der Waals surface area contributed by atoms with Crippen LogP contribution in [-0.4, -0.2) is 0 Å². The third-order valence-corrected chi connectivity index (χ3v) is 14.9. The second-order valence-corrected chi connectivity index (χ2v) is 18.1. The van der Waals surface area contributed by atoms with Crippen molar-refractivity contribution in [2.75, 3.05) is 0 Å². The summed E-state index contributed by atoms with van der Waals surface area (Å²) in [5.41, 5.74) is 13.1. The summed E-state index contributed by atoms with van der Waals surface area (Å²) in [5.74, 6) is 0. The van der Waals surface area contributed by atoms with Crippen molar-refractivity contribution in [2.45, 2.75) is 19.3 Å². The van der Waals surface area contributed by atoms with Crippen molar-refractivity contribution in [1.82, 2.24) is 0 Å². The van der Waals surface area contributed by atoms with Crippen molar-refractivity contribution in [3.63, 3.8) is 0 Å². The second-order valence-electron chi connectivity index (χ2n) is 17.1. The monoisotopic (exact) mass is 778 g/mol. The van der Waals surface area contributed by atoms with Crippen LogP contribution < -0.4 is 0 Å². The summed E-state index contributed by atoms with van der Waals surface area (Å²) >= 11 is 1.92.